The molecule has 2 aliphatic heterocycles. The zero-order valence-corrected chi connectivity index (χ0v) is 15.9. The van der Waals surface area contributed by atoms with Gasteiger partial charge in [0, 0.05) is 43.9 Å². The van der Waals surface area contributed by atoms with Crippen molar-refractivity contribution in [1.82, 2.24) is 14.9 Å². The van der Waals surface area contributed by atoms with Crippen LogP contribution >= 0.6 is 0 Å². The Balaban J connectivity index is 1.37. The SMILES string of the molecule is Cc1ccc(Nc2cc(N3CCC(C(=O)N4CCCC4)CC3)ncn2)cc1. The highest BCUT2D eigenvalue weighted by Crippen LogP contribution is 2.26. The van der Waals surface area contributed by atoms with E-state index in [2.05, 4.69) is 44.1 Å². The van der Waals surface area contributed by atoms with Crippen LogP contribution in [0.15, 0.2) is 36.7 Å². The van der Waals surface area contributed by atoms with Crippen LogP contribution in [0.1, 0.15) is 31.2 Å². The number of nitrogens with zero attached hydrogens (tertiary/aromatic N) is 4. The van der Waals surface area contributed by atoms with Crippen molar-refractivity contribution in [1.29, 1.82) is 0 Å². The van der Waals surface area contributed by atoms with Gasteiger partial charge in [-0.3, -0.25) is 4.79 Å². The lowest BCUT2D eigenvalue weighted by Gasteiger charge is -2.33. The van der Waals surface area contributed by atoms with Gasteiger partial charge in [0.25, 0.3) is 0 Å². The van der Waals surface area contributed by atoms with Gasteiger partial charge in [-0.2, -0.15) is 0 Å². The Hall–Kier alpha value is -2.63. The molecule has 1 aromatic carbocycles. The molecule has 6 heteroatoms. The van der Waals surface area contributed by atoms with Gasteiger partial charge in [-0.15, -0.1) is 0 Å². The van der Waals surface area contributed by atoms with Crippen molar-refractivity contribution in [2.75, 3.05) is 36.4 Å². The molecule has 2 aliphatic rings. The molecule has 1 N–H and O–H groups in total. The van der Waals surface area contributed by atoms with Gasteiger partial charge >= 0.3 is 0 Å². The minimum atomic E-state index is 0.173. The quantitative estimate of drug-likeness (QED) is 0.900. The topological polar surface area (TPSA) is 61.4 Å². The van der Waals surface area contributed by atoms with Crippen molar-refractivity contribution in [3.05, 3.63) is 42.2 Å². The summed E-state index contributed by atoms with van der Waals surface area (Å²) in [6, 6.07) is 10.2. The summed E-state index contributed by atoms with van der Waals surface area (Å²) in [6.07, 6.45) is 5.72. The fraction of sp³-hybridized carbons (Fsp3) is 0.476. The number of likely N-dealkylation sites (tertiary alicyclic amines) is 1. The molecule has 0 unspecified atom stereocenters. The van der Waals surface area contributed by atoms with E-state index in [0.717, 1.165) is 69.2 Å². The molecule has 142 valence electrons. The van der Waals surface area contributed by atoms with E-state index in [9.17, 15) is 4.79 Å². The first-order chi connectivity index (χ1) is 13.2. The van der Waals surface area contributed by atoms with Crippen molar-refractivity contribution in [3.63, 3.8) is 0 Å². The van der Waals surface area contributed by atoms with Crippen LogP contribution in [0, 0.1) is 12.8 Å². The Kier molecular flexibility index (Phi) is 5.23. The number of rotatable bonds is 4. The highest BCUT2D eigenvalue weighted by molar-refractivity contribution is 5.79. The summed E-state index contributed by atoms with van der Waals surface area (Å²) in [5, 5.41) is 3.34. The molecule has 0 bridgehead atoms. The third-order valence-corrected chi connectivity index (χ3v) is 5.56. The van der Waals surface area contributed by atoms with Crippen LogP contribution in [0.25, 0.3) is 0 Å². The highest BCUT2D eigenvalue weighted by atomic mass is 16.2. The maximum atomic E-state index is 12.6. The summed E-state index contributed by atoms with van der Waals surface area (Å²) in [5.74, 6) is 2.24. The zero-order valence-electron chi connectivity index (χ0n) is 15.9. The first-order valence-corrected chi connectivity index (χ1v) is 9.88. The maximum absolute atomic E-state index is 12.6. The van der Waals surface area contributed by atoms with Crippen molar-refractivity contribution in [2.45, 2.75) is 32.6 Å². The number of aryl methyl sites for hydroxylation is 1. The van der Waals surface area contributed by atoms with Gasteiger partial charge in [0.2, 0.25) is 5.91 Å². The first kappa shape index (κ1) is 17.8. The Labute approximate surface area is 160 Å². The first-order valence-electron chi connectivity index (χ1n) is 9.88. The Morgan fingerprint density at radius 1 is 1.04 bits per heavy atom. The summed E-state index contributed by atoms with van der Waals surface area (Å²) >= 11 is 0. The maximum Gasteiger partial charge on any atom is 0.225 e. The third kappa shape index (κ3) is 4.21. The number of hydrogen-bond acceptors (Lipinski definition) is 5. The molecule has 1 amide bonds. The lowest BCUT2D eigenvalue weighted by atomic mass is 9.95. The molecule has 2 saturated heterocycles. The Morgan fingerprint density at radius 2 is 1.74 bits per heavy atom. The van der Waals surface area contributed by atoms with Crippen LogP contribution in [0.3, 0.4) is 0 Å². The molecule has 0 aliphatic carbocycles. The zero-order chi connectivity index (χ0) is 18.6. The minimum Gasteiger partial charge on any atom is -0.356 e. The number of benzene rings is 1. The van der Waals surface area contributed by atoms with E-state index in [-0.39, 0.29) is 5.92 Å². The average Bonchev–Trinajstić information content (AvgIpc) is 3.24. The molecule has 0 spiro atoms. The molecular weight excluding hydrogens is 338 g/mol. The largest absolute Gasteiger partial charge is 0.356 e. The van der Waals surface area contributed by atoms with Crippen LogP contribution in [-0.4, -0.2) is 47.0 Å². The van der Waals surface area contributed by atoms with Crippen molar-refractivity contribution in [2.24, 2.45) is 5.92 Å². The Bertz CT molecular complexity index is 777. The van der Waals surface area contributed by atoms with Gasteiger partial charge < -0.3 is 15.1 Å². The summed E-state index contributed by atoms with van der Waals surface area (Å²) in [6.45, 7) is 5.69. The average molecular weight is 365 g/mol. The predicted octanol–water partition coefficient (Wildman–Crippen LogP) is 3.37. The number of carbonyl (C=O) groups excluding carboxylic acids is 1. The molecule has 4 rings (SSSR count). The fourth-order valence-electron chi connectivity index (χ4n) is 3.92. The molecule has 0 radical (unpaired) electrons. The fourth-order valence-corrected chi connectivity index (χ4v) is 3.92. The van der Waals surface area contributed by atoms with Gasteiger partial charge in [0.1, 0.15) is 18.0 Å². The number of amides is 1. The monoisotopic (exact) mass is 365 g/mol. The summed E-state index contributed by atoms with van der Waals surface area (Å²) in [4.78, 5) is 25.7. The second-order valence-corrected chi connectivity index (χ2v) is 7.55. The van der Waals surface area contributed by atoms with Gasteiger partial charge in [-0.1, -0.05) is 17.7 Å². The number of aromatic nitrogens is 2. The van der Waals surface area contributed by atoms with E-state index < -0.39 is 0 Å². The highest BCUT2D eigenvalue weighted by Gasteiger charge is 2.30. The van der Waals surface area contributed by atoms with E-state index in [0.29, 0.717) is 5.91 Å². The second kappa shape index (κ2) is 7.94. The van der Waals surface area contributed by atoms with Gasteiger partial charge in [-0.05, 0) is 44.7 Å². The van der Waals surface area contributed by atoms with Crippen LogP contribution in [0.4, 0.5) is 17.3 Å². The van der Waals surface area contributed by atoms with Crippen LogP contribution in [0.2, 0.25) is 0 Å². The van der Waals surface area contributed by atoms with E-state index in [1.54, 1.807) is 6.33 Å². The second-order valence-electron chi connectivity index (χ2n) is 7.55. The lowest BCUT2D eigenvalue weighted by Crippen LogP contribution is -2.41. The summed E-state index contributed by atoms with van der Waals surface area (Å²) in [5.41, 5.74) is 2.25. The molecule has 2 fully saturated rings. The molecular formula is C21H27N5O. The molecule has 1 aromatic heterocycles. The summed E-state index contributed by atoms with van der Waals surface area (Å²) < 4.78 is 0. The number of carbonyl (C=O) groups is 1. The van der Waals surface area contributed by atoms with E-state index in [1.807, 2.05) is 18.2 Å². The normalized spacial score (nSPS) is 18.0. The lowest BCUT2D eigenvalue weighted by molar-refractivity contribution is -0.135. The number of hydrogen-bond donors (Lipinski definition) is 1. The van der Waals surface area contributed by atoms with Crippen molar-refractivity contribution < 1.29 is 4.79 Å². The smallest absolute Gasteiger partial charge is 0.225 e. The minimum absolute atomic E-state index is 0.173. The van der Waals surface area contributed by atoms with E-state index in [4.69, 9.17) is 0 Å². The van der Waals surface area contributed by atoms with Gasteiger partial charge in [-0.25, -0.2) is 9.97 Å². The van der Waals surface area contributed by atoms with Gasteiger partial charge in [0.15, 0.2) is 0 Å². The van der Waals surface area contributed by atoms with E-state index in [1.165, 1.54) is 5.56 Å². The summed E-state index contributed by atoms with van der Waals surface area (Å²) in [7, 11) is 0. The molecule has 6 nitrogen and oxygen atoms in total. The molecule has 2 aromatic rings. The molecule has 27 heavy (non-hydrogen) atoms. The van der Waals surface area contributed by atoms with Crippen molar-refractivity contribution in [3.8, 4) is 0 Å². The van der Waals surface area contributed by atoms with Crippen LogP contribution in [0.5, 0.6) is 0 Å². The predicted molar refractivity (Wildman–Crippen MR) is 107 cm³/mol. The number of anilines is 3. The van der Waals surface area contributed by atoms with Crippen LogP contribution in [-0.2, 0) is 4.79 Å². The van der Waals surface area contributed by atoms with Gasteiger partial charge in [0.05, 0.1) is 0 Å². The number of piperidine rings is 1. The standard InChI is InChI=1S/C21H27N5O/c1-16-4-6-18(7-5-16)24-19-14-20(23-15-22-19)25-12-8-17(9-13-25)21(27)26-10-2-3-11-26/h4-7,14-15,17H,2-3,8-13H2,1H3,(H,22,23,24). The van der Waals surface area contributed by atoms with E-state index >= 15 is 0 Å². The van der Waals surface area contributed by atoms with Crippen LogP contribution < -0.4 is 10.2 Å². The Morgan fingerprint density at radius 3 is 2.44 bits per heavy atom. The molecule has 3 heterocycles. The van der Waals surface area contributed by atoms with Crippen molar-refractivity contribution >= 4 is 23.2 Å². The molecule has 0 saturated carbocycles. The molecule has 0 atom stereocenters. The number of nitrogens with one attached hydrogen (secondary N) is 1. The third-order valence-electron chi connectivity index (χ3n) is 5.56.